The highest BCUT2D eigenvalue weighted by atomic mass is 127. The maximum absolute atomic E-state index is 5.69. The molecule has 4 nitrogen and oxygen atoms in total. The number of rotatable bonds is 5. The molecule has 0 saturated carbocycles. The van der Waals surface area contributed by atoms with E-state index in [1.54, 1.807) is 7.11 Å². The number of benzene rings is 1. The Labute approximate surface area is 113 Å². The Morgan fingerprint density at radius 1 is 1.38 bits per heavy atom. The van der Waals surface area contributed by atoms with Gasteiger partial charge in [-0.05, 0) is 18.6 Å². The first kappa shape index (κ1) is 15.2. The Hall–Kier alpha value is -0.820. The van der Waals surface area contributed by atoms with Crippen molar-refractivity contribution in [3.05, 3.63) is 30.3 Å². The van der Waals surface area contributed by atoms with Gasteiger partial charge in [0, 0.05) is 25.9 Å². The van der Waals surface area contributed by atoms with Gasteiger partial charge >= 0.3 is 0 Å². The molecule has 0 bridgehead atoms. The summed E-state index contributed by atoms with van der Waals surface area (Å²) >= 11 is 0. The molecule has 0 aliphatic carbocycles. The fourth-order valence-electron chi connectivity index (χ4n) is 1.12. The first-order chi connectivity index (χ1) is 7.33. The lowest BCUT2D eigenvalue weighted by molar-refractivity contribution is 0.197. The lowest BCUT2D eigenvalue weighted by Crippen LogP contribution is -2.22. The van der Waals surface area contributed by atoms with E-state index < -0.39 is 0 Å². The zero-order valence-electron chi connectivity index (χ0n) is 9.35. The third-order valence-corrected chi connectivity index (χ3v) is 1.83. The summed E-state index contributed by atoms with van der Waals surface area (Å²) in [6.07, 6.45) is 0.883. The average Bonchev–Trinajstić information content (AvgIpc) is 2.26. The van der Waals surface area contributed by atoms with E-state index in [0.717, 1.165) is 12.1 Å². The van der Waals surface area contributed by atoms with Crippen LogP contribution in [0.15, 0.2) is 35.3 Å². The largest absolute Gasteiger partial charge is 0.385 e. The van der Waals surface area contributed by atoms with Gasteiger partial charge in [0.2, 0.25) is 0 Å². The zero-order valence-corrected chi connectivity index (χ0v) is 11.7. The number of guanidine groups is 1. The first-order valence-corrected chi connectivity index (χ1v) is 4.94. The van der Waals surface area contributed by atoms with Gasteiger partial charge in [0.25, 0.3) is 0 Å². The summed E-state index contributed by atoms with van der Waals surface area (Å²) in [6.45, 7) is 1.39. The minimum Gasteiger partial charge on any atom is -0.385 e. The molecule has 0 fully saturated rings. The zero-order chi connectivity index (χ0) is 10.9. The molecule has 0 aromatic heterocycles. The summed E-state index contributed by atoms with van der Waals surface area (Å²) in [5.41, 5.74) is 6.64. The van der Waals surface area contributed by atoms with Gasteiger partial charge in [0.15, 0.2) is 5.96 Å². The molecule has 0 radical (unpaired) electrons. The second-order valence-electron chi connectivity index (χ2n) is 3.10. The Bertz CT molecular complexity index is 303. The van der Waals surface area contributed by atoms with Gasteiger partial charge in [-0.3, -0.25) is 4.99 Å². The Morgan fingerprint density at radius 2 is 2.06 bits per heavy atom. The van der Waals surface area contributed by atoms with E-state index in [-0.39, 0.29) is 24.0 Å². The molecule has 0 amide bonds. The van der Waals surface area contributed by atoms with Crippen molar-refractivity contribution in [1.82, 2.24) is 0 Å². The van der Waals surface area contributed by atoms with Crippen LogP contribution in [0.2, 0.25) is 0 Å². The summed E-state index contributed by atoms with van der Waals surface area (Å²) in [5, 5.41) is 3.01. The fourth-order valence-corrected chi connectivity index (χ4v) is 1.12. The van der Waals surface area contributed by atoms with Crippen LogP contribution in [-0.2, 0) is 4.74 Å². The third kappa shape index (κ3) is 6.62. The monoisotopic (exact) mass is 335 g/mol. The number of aliphatic imine (C=N–C) groups is 1. The minimum absolute atomic E-state index is 0. The SMILES string of the molecule is COCCCN=C(N)Nc1ccccc1.I. The van der Waals surface area contributed by atoms with E-state index in [0.29, 0.717) is 19.1 Å². The molecule has 0 atom stereocenters. The Balaban J connectivity index is 0.00000225. The van der Waals surface area contributed by atoms with Crippen molar-refractivity contribution in [1.29, 1.82) is 0 Å². The highest BCUT2D eigenvalue weighted by molar-refractivity contribution is 14.0. The van der Waals surface area contributed by atoms with Crippen molar-refractivity contribution < 1.29 is 4.74 Å². The second-order valence-corrected chi connectivity index (χ2v) is 3.10. The van der Waals surface area contributed by atoms with Crippen molar-refractivity contribution in [2.75, 3.05) is 25.6 Å². The Morgan fingerprint density at radius 3 is 2.69 bits per heavy atom. The molecule has 3 N–H and O–H groups in total. The highest BCUT2D eigenvalue weighted by Gasteiger charge is 1.92. The molecular weight excluding hydrogens is 317 g/mol. The summed E-state index contributed by atoms with van der Waals surface area (Å²) in [6, 6.07) is 9.73. The summed E-state index contributed by atoms with van der Waals surface area (Å²) in [4.78, 5) is 4.16. The molecule has 0 unspecified atom stereocenters. The van der Waals surface area contributed by atoms with Gasteiger partial charge in [-0.25, -0.2) is 0 Å². The number of hydrogen-bond acceptors (Lipinski definition) is 2. The van der Waals surface area contributed by atoms with Crippen molar-refractivity contribution >= 4 is 35.6 Å². The van der Waals surface area contributed by atoms with Gasteiger partial charge in [-0.2, -0.15) is 0 Å². The van der Waals surface area contributed by atoms with Crippen LogP contribution in [0.4, 0.5) is 5.69 Å². The molecular formula is C11H18IN3O. The number of methoxy groups -OCH3 is 1. The van der Waals surface area contributed by atoms with Crippen LogP contribution < -0.4 is 11.1 Å². The number of nitrogens with two attached hydrogens (primary N) is 1. The van der Waals surface area contributed by atoms with Crippen LogP contribution in [0.5, 0.6) is 0 Å². The molecule has 90 valence electrons. The van der Waals surface area contributed by atoms with E-state index in [1.165, 1.54) is 0 Å². The van der Waals surface area contributed by atoms with Crippen LogP contribution in [-0.4, -0.2) is 26.2 Å². The number of hydrogen-bond donors (Lipinski definition) is 2. The fraction of sp³-hybridized carbons (Fsp3) is 0.364. The number of nitrogens with one attached hydrogen (secondary N) is 1. The second kappa shape index (κ2) is 9.41. The first-order valence-electron chi connectivity index (χ1n) is 4.94. The normalized spacial score (nSPS) is 10.7. The van der Waals surface area contributed by atoms with Crippen molar-refractivity contribution in [2.24, 2.45) is 10.7 Å². The predicted octanol–water partition coefficient (Wildman–Crippen LogP) is 2.07. The molecule has 1 aromatic carbocycles. The van der Waals surface area contributed by atoms with Crippen LogP contribution >= 0.6 is 24.0 Å². The van der Waals surface area contributed by atoms with Crippen LogP contribution in [0.3, 0.4) is 0 Å². The van der Waals surface area contributed by atoms with Gasteiger partial charge in [-0.1, -0.05) is 18.2 Å². The standard InChI is InChI=1S/C11H17N3O.HI/c1-15-9-5-8-13-11(12)14-10-6-3-2-4-7-10;/h2-4,6-7H,5,8-9H2,1H3,(H3,12,13,14);1H. The minimum atomic E-state index is 0. The lowest BCUT2D eigenvalue weighted by Gasteiger charge is -2.04. The molecule has 1 rings (SSSR count). The van der Waals surface area contributed by atoms with Crippen molar-refractivity contribution in [3.63, 3.8) is 0 Å². The van der Waals surface area contributed by atoms with Crippen LogP contribution in [0.25, 0.3) is 0 Å². The molecule has 0 saturated heterocycles. The smallest absolute Gasteiger partial charge is 0.193 e. The van der Waals surface area contributed by atoms with Crippen molar-refractivity contribution in [3.8, 4) is 0 Å². The number of ether oxygens (including phenoxy) is 1. The quantitative estimate of drug-likeness (QED) is 0.375. The van der Waals surface area contributed by atoms with Gasteiger partial charge in [0.05, 0.1) is 0 Å². The number of para-hydroxylation sites is 1. The average molecular weight is 335 g/mol. The molecule has 0 aliphatic heterocycles. The summed E-state index contributed by atoms with van der Waals surface area (Å²) in [7, 11) is 1.68. The van der Waals surface area contributed by atoms with Crippen LogP contribution in [0.1, 0.15) is 6.42 Å². The predicted molar refractivity (Wildman–Crippen MR) is 78.5 cm³/mol. The topological polar surface area (TPSA) is 59.6 Å². The van der Waals surface area contributed by atoms with E-state index in [1.807, 2.05) is 30.3 Å². The molecule has 1 aromatic rings. The lowest BCUT2D eigenvalue weighted by atomic mass is 10.3. The molecule has 16 heavy (non-hydrogen) atoms. The van der Waals surface area contributed by atoms with Gasteiger partial charge < -0.3 is 15.8 Å². The van der Waals surface area contributed by atoms with E-state index in [9.17, 15) is 0 Å². The molecule has 0 heterocycles. The molecule has 0 spiro atoms. The number of anilines is 1. The van der Waals surface area contributed by atoms with Gasteiger partial charge in [-0.15, -0.1) is 24.0 Å². The number of halogens is 1. The van der Waals surface area contributed by atoms with E-state index >= 15 is 0 Å². The maximum atomic E-state index is 5.69. The maximum Gasteiger partial charge on any atom is 0.193 e. The van der Waals surface area contributed by atoms with Gasteiger partial charge in [0.1, 0.15) is 0 Å². The Kier molecular flexibility index (Phi) is 8.93. The summed E-state index contributed by atoms with van der Waals surface area (Å²) in [5.74, 6) is 0.442. The molecule has 0 aliphatic rings. The molecule has 5 heteroatoms. The third-order valence-electron chi connectivity index (χ3n) is 1.83. The van der Waals surface area contributed by atoms with Crippen molar-refractivity contribution in [2.45, 2.75) is 6.42 Å². The van der Waals surface area contributed by atoms with E-state index in [2.05, 4.69) is 10.3 Å². The van der Waals surface area contributed by atoms with Crippen LogP contribution in [0, 0.1) is 0 Å². The van der Waals surface area contributed by atoms with E-state index in [4.69, 9.17) is 10.5 Å². The summed E-state index contributed by atoms with van der Waals surface area (Å²) < 4.78 is 4.91. The highest BCUT2D eigenvalue weighted by Crippen LogP contribution is 2.03. The number of nitrogens with zero attached hydrogens (tertiary/aromatic N) is 1.